The molecule has 136 valence electrons. The zero-order valence-electron chi connectivity index (χ0n) is 13.9. The first-order valence-corrected chi connectivity index (χ1v) is 8.18. The number of benzene rings is 2. The molecule has 4 rings (SSSR count). The normalized spacial score (nSPS) is 12.8. The number of carbonyl (C=O) groups is 1. The van der Waals surface area contributed by atoms with Crippen LogP contribution in [-0.4, -0.2) is 22.6 Å². The maximum absolute atomic E-state index is 13.7. The van der Waals surface area contributed by atoms with Gasteiger partial charge in [-0.15, -0.1) is 10.2 Å². The molecule has 0 radical (unpaired) electrons. The Morgan fingerprint density at radius 1 is 0.963 bits per heavy atom. The molecule has 2 aromatic carbocycles. The molecule has 1 aliphatic rings. The summed E-state index contributed by atoms with van der Waals surface area (Å²) < 4.78 is 40.0. The van der Waals surface area contributed by atoms with Crippen molar-refractivity contribution < 1.29 is 18.0 Å². The fraction of sp³-hybridized carbons (Fsp3) is 0.105. The van der Waals surface area contributed by atoms with E-state index >= 15 is 0 Å². The SMILES string of the molecule is O=C(Nc1ccc(N2CCc3ccccc32)nn1)c1ccc(F)c(F)c1F. The van der Waals surface area contributed by atoms with Crippen LogP contribution in [0.2, 0.25) is 0 Å². The Bertz CT molecular complexity index is 1020. The van der Waals surface area contributed by atoms with Crippen LogP contribution in [0.1, 0.15) is 15.9 Å². The van der Waals surface area contributed by atoms with Crippen LogP contribution in [0.25, 0.3) is 0 Å². The molecular weight excluding hydrogens is 357 g/mol. The molecule has 27 heavy (non-hydrogen) atoms. The lowest BCUT2D eigenvalue weighted by Crippen LogP contribution is -2.18. The monoisotopic (exact) mass is 370 g/mol. The molecular formula is C19H13F3N4O. The molecule has 5 nitrogen and oxygen atoms in total. The largest absolute Gasteiger partial charge is 0.324 e. The fourth-order valence-corrected chi connectivity index (χ4v) is 3.00. The van der Waals surface area contributed by atoms with Gasteiger partial charge >= 0.3 is 0 Å². The molecule has 2 heterocycles. The third-order valence-electron chi connectivity index (χ3n) is 4.34. The van der Waals surface area contributed by atoms with Crippen molar-refractivity contribution in [3.05, 3.63) is 77.1 Å². The van der Waals surface area contributed by atoms with Gasteiger partial charge < -0.3 is 10.2 Å². The second-order valence-electron chi connectivity index (χ2n) is 5.98. The second kappa shape index (κ2) is 6.71. The third kappa shape index (κ3) is 3.10. The molecule has 0 fully saturated rings. The van der Waals surface area contributed by atoms with E-state index in [9.17, 15) is 18.0 Å². The smallest absolute Gasteiger partial charge is 0.259 e. The van der Waals surface area contributed by atoms with E-state index in [1.165, 1.54) is 11.6 Å². The zero-order valence-corrected chi connectivity index (χ0v) is 13.9. The van der Waals surface area contributed by atoms with Gasteiger partial charge in [-0.3, -0.25) is 4.79 Å². The summed E-state index contributed by atoms with van der Waals surface area (Å²) in [4.78, 5) is 14.1. The molecule has 1 N–H and O–H groups in total. The summed E-state index contributed by atoms with van der Waals surface area (Å²) in [5.41, 5.74) is 1.64. The highest BCUT2D eigenvalue weighted by Gasteiger charge is 2.22. The van der Waals surface area contributed by atoms with E-state index in [1.807, 2.05) is 29.2 Å². The predicted molar refractivity (Wildman–Crippen MR) is 93.5 cm³/mol. The van der Waals surface area contributed by atoms with E-state index in [2.05, 4.69) is 15.5 Å². The Hall–Kier alpha value is -3.42. The quantitative estimate of drug-likeness (QED) is 0.712. The fourth-order valence-electron chi connectivity index (χ4n) is 3.00. The summed E-state index contributed by atoms with van der Waals surface area (Å²) in [5.74, 6) is -4.88. The summed E-state index contributed by atoms with van der Waals surface area (Å²) in [6, 6.07) is 12.7. The number of anilines is 3. The number of nitrogens with zero attached hydrogens (tertiary/aromatic N) is 3. The van der Waals surface area contributed by atoms with Crippen molar-refractivity contribution >= 4 is 23.2 Å². The van der Waals surface area contributed by atoms with Gasteiger partial charge in [-0.05, 0) is 42.3 Å². The van der Waals surface area contributed by atoms with Gasteiger partial charge in [-0.25, -0.2) is 13.2 Å². The highest BCUT2D eigenvalue weighted by molar-refractivity contribution is 6.03. The Morgan fingerprint density at radius 3 is 2.56 bits per heavy atom. The second-order valence-corrected chi connectivity index (χ2v) is 5.98. The van der Waals surface area contributed by atoms with E-state index < -0.39 is 28.9 Å². The van der Waals surface area contributed by atoms with Crippen LogP contribution in [0.5, 0.6) is 0 Å². The van der Waals surface area contributed by atoms with Crippen LogP contribution < -0.4 is 10.2 Å². The number of rotatable bonds is 3. The van der Waals surface area contributed by atoms with E-state index in [1.54, 1.807) is 6.07 Å². The number of fused-ring (bicyclic) bond motifs is 1. The molecule has 0 saturated carbocycles. The van der Waals surface area contributed by atoms with Crippen molar-refractivity contribution in [2.24, 2.45) is 0 Å². The molecule has 0 atom stereocenters. The van der Waals surface area contributed by atoms with Crippen LogP contribution in [0.15, 0.2) is 48.5 Å². The van der Waals surface area contributed by atoms with Gasteiger partial charge in [0.15, 0.2) is 29.1 Å². The van der Waals surface area contributed by atoms with E-state index in [4.69, 9.17) is 0 Å². The number of halogens is 3. The predicted octanol–water partition coefficient (Wildman–Crippen LogP) is 3.84. The Labute approximate surface area is 152 Å². The van der Waals surface area contributed by atoms with Crippen molar-refractivity contribution in [2.75, 3.05) is 16.8 Å². The first-order chi connectivity index (χ1) is 13.0. The van der Waals surface area contributed by atoms with Crippen molar-refractivity contribution in [1.29, 1.82) is 0 Å². The number of amides is 1. The minimum atomic E-state index is -1.70. The number of hydrogen-bond acceptors (Lipinski definition) is 4. The Morgan fingerprint density at radius 2 is 1.78 bits per heavy atom. The third-order valence-corrected chi connectivity index (χ3v) is 4.34. The van der Waals surface area contributed by atoms with Crippen LogP contribution in [0, 0.1) is 17.5 Å². The van der Waals surface area contributed by atoms with E-state index in [0.29, 0.717) is 11.9 Å². The molecule has 0 unspecified atom stereocenters. The molecule has 0 spiro atoms. The lowest BCUT2D eigenvalue weighted by molar-refractivity contribution is 0.102. The standard InChI is InChI=1S/C19H13F3N4O/c20-13-6-5-12(17(21)18(13)22)19(27)23-15-7-8-16(25-24-15)26-10-9-11-3-1-2-4-14(11)26/h1-8H,9-10H2,(H,23,24,27). The van der Waals surface area contributed by atoms with Gasteiger partial charge in [0.05, 0.1) is 5.56 Å². The summed E-state index contributed by atoms with van der Waals surface area (Å²) in [6.07, 6.45) is 0.895. The first kappa shape index (κ1) is 17.0. The van der Waals surface area contributed by atoms with E-state index in [-0.39, 0.29) is 5.82 Å². The highest BCUT2D eigenvalue weighted by atomic mass is 19.2. The number of aromatic nitrogens is 2. The molecule has 1 aromatic heterocycles. The molecule has 0 saturated heterocycles. The number of para-hydroxylation sites is 1. The summed E-state index contributed by atoms with van der Waals surface area (Å²) in [7, 11) is 0. The number of hydrogen-bond donors (Lipinski definition) is 1. The van der Waals surface area contributed by atoms with Crippen LogP contribution >= 0.6 is 0 Å². The minimum Gasteiger partial charge on any atom is -0.324 e. The summed E-state index contributed by atoms with van der Waals surface area (Å²) >= 11 is 0. The van der Waals surface area contributed by atoms with Crippen molar-refractivity contribution in [3.63, 3.8) is 0 Å². The summed E-state index contributed by atoms with van der Waals surface area (Å²) in [6.45, 7) is 0.764. The molecule has 1 aliphatic heterocycles. The van der Waals surface area contributed by atoms with Gasteiger partial charge in [0.25, 0.3) is 5.91 Å². The van der Waals surface area contributed by atoms with Crippen molar-refractivity contribution in [2.45, 2.75) is 6.42 Å². The van der Waals surface area contributed by atoms with Crippen LogP contribution in [0.4, 0.5) is 30.5 Å². The minimum absolute atomic E-state index is 0.0698. The van der Waals surface area contributed by atoms with Crippen molar-refractivity contribution in [3.8, 4) is 0 Å². The molecule has 0 bridgehead atoms. The average Bonchev–Trinajstić information content (AvgIpc) is 3.11. The van der Waals surface area contributed by atoms with Crippen LogP contribution in [0.3, 0.4) is 0 Å². The van der Waals surface area contributed by atoms with Crippen LogP contribution in [-0.2, 0) is 6.42 Å². The first-order valence-electron chi connectivity index (χ1n) is 8.18. The number of carbonyl (C=O) groups excluding carboxylic acids is 1. The van der Waals surface area contributed by atoms with Gasteiger partial charge in [-0.2, -0.15) is 0 Å². The molecule has 8 heteroatoms. The zero-order chi connectivity index (χ0) is 19.0. The van der Waals surface area contributed by atoms with Crippen molar-refractivity contribution in [1.82, 2.24) is 10.2 Å². The average molecular weight is 370 g/mol. The molecule has 3 aromatic rings. The van der Waals surface area contributed by atoms with E-state index in [0.717, 1.165) is 24.7 Å². The lowest BCUT2D eigenvalue weighted by Gasteiger charge is -2.17. The van der Waals surface area contributed by atoms with Gasteiger partial charge in [0.2, 0.25) is 0 Å². The molecule has 0 aliphatic carbocycles. The number of nitrogens with one attached hydrogen (secondary N) is 1. The maximum atomic E-state index is 13.7. The Balaban J connectivity index is 1.52. The maximum Gasteiger partial charge on any atom is 0.259 e. The van der Waals surface area contributed by atoms with Gasteiger partial charge in [0, 0.05) is 12.2 Å². The van der Waals surface area contributed by atoms with Gasteiger partial charge in [-0.1, -0.05) is 18.2 Å². The topological polar surface area (TPSA) is 58.1 Å². The highest BCUT2D eigenvalue weighted by Crippen LogP contribution is 2.32. The lowest BCUT2D eigenvalue weighted by atomic mass is 10.2. The Kier molecular flexibility index (Phi) is 4.23. The summed E-state index contributed by atoms with van der Waals surface area (Å²) in [5, 5.41) is 10.3. The van der Waals surface area contributed by atoms with Gasteiger partial charge in [0.1, 0.15) is 0 Å². The molecule has 1 amide bonds.